The predicted octanol–water partition coefficient (Wildman–Crippen LogP) is 2.99. The zero-order chi connectivity index (χ0) is 11.6. The van der Waals surface area contributed by atoms with Gasteiger partial charge in [-0.05, 0) is 46.2 Å². The topological polar surface area (TPSA) is 21.3 Å². The maximum absolute atomic E-state index is 5.73. The van der Waals surface area contributed by atoms with Crippen LogP contribution < -0.4 is 10.1 Å². The van der Waals surface area contributed by atoms with Crippen LogP contribution in [0, 0.1) is 6.92 Å². The summed E-state index contributed by atoms with van der Waals surface area (Å²) in [7, 11) is 0. The summed E-state index contributed by atoms with van der Waals surface area (Å²) in [4.78, 5) is 0. The fourth-order valence-corrected chi connectivity index (χ4v) is 2.48. The van der Waals surface area contributed by atoms with Crippen molar-refractivity contribution in [3.05, 3.63) is 29.3 Å². The highest BCUT2D eigenvalue weighted by atomic mass is 16.5. The summed E-state index contributed by atoms with van der Waals surface area (Å²) in [6.07, 6.45) is 2.44. The molecule has 1 fully saturated rings. The van der Waals surface area contributed by atoms with E-state index < -0.39 is 0 Å². The van der Waals surface area contributed by atoms with E-state index in [0.717, 1.165) is 18.9 Å². The van der Waals surface area contributed by atoms with Crippen molar-refractivity contribution < 1.29 is 4.74 Å². The zero-order valence-corrected chi connectivity index (χ0v) is 10.5. The van der Waals surface area contributed by atoms with Crippen LogP contribution in [0.5, 0.6) is 5.75 Å². The minimum Gasteiger partial charge on any atom is -0.494 e. The van der Waals surface area contributed by atoms with E-state index in [9.17, 15) is 0 Å². The lowest BCUT2D eigenvalue weighted by Crippen LogP contribution is -2.33. The monoisotopic (exact) mass is 219 g/mol. The highest BCUT2D eigenvalue weighted by Crippen LogP contribution is 2.36. The van der Waals surface area contributed by atoms with Crippen molar-refractivity contribution >= 4 is 0 Å². The molecule has 1 aliphatic heterocycles. The number of rotatable bonds is 3. The number of hydrogen-bond donors (Lipinski definition) is 1. The number of ether oxygens (including phenoxy) is 1. The first-order valence-electron chi connectivity index (χ1n) is 6.15. The Kier molecular flexibility index (Phi) is 3.20. The van der Waals surface area contributed by atoms with Crippen molar-refractivity contribution in [2.45, 2.75) is 39.2 Å². The van der Waals surface area contributed by atoms with Gasteiger partial charge in [0.15, 0.2) is 0 Å². The minimum atomic E-state index is 0.0938. The lowest BCUT2D eigenvalue weighted by Gasteiger charge is -2.27. The van der Waals surface area contributed by atoms with Gasteiger partial charge in [0, 0.05) is 11.1 Å². The van der Waals surface area contributed by atoms with E-state index in [1.54, 1.807) is 0 Å². The Bertz CT molecular complexity index is 367. The molecule has 1 saturated heterocycles. The fourth-order valence-electron chi connectivity index (χ4n) is 2.48. The average molecular weight is 219 g/mol. The third kappa shape index (κ3) is 2.07. The lowest BCUT2D eigenvalue weighted by atomic mass is 9.89. The zero-order valence-electron chi connectivity index (χ0n) is 10.5. The molecule has 1 aliphatic rings. The quantitative estimate of drug-likeness (QED) is 0.843. The first-order chi connectivity index (χ1) is 7.65. The molecule has 1 atom stereocenters. The highest BCUT2D eigenvalue weighted by Gasteiger charge is 2.32. The largest absolute Gasteiger partial charge is 0.494 e. The summed E-state index contributed by atoms with van der Waals surface area (Å²) in [6.45, 7) is 8.28. The van der Waals surface area contributed by atoms with Crippen molar-refractivity contribution in [2.75, 3.05) is 13.2 Å². The van der Waals surface area contributed by atoms with Crippen molar-refractivity contribution in [1.82, 2.24) is 5.32 Å². The molecule has 0 aliphatic carbocycles. The first kappa shape index (κ1) is 11.5. The predicted molar refractivity (Wildman–Crippen MR) is 66.9 cm³/mol. The van der Waals surface area contributed by atoms with Gasteiger partial charge in [-0.25, -0.2) is 0 Å². The SMILES string of the molecule is CCOc1ccc(C)cc1C1(C)CCCN1. The maximum atomic E-state index is 5.73. The van der Waals surface area contributed by atoms with Crippen LogP contribution in [0.15, 0.2) is 18.2 Å². The molecule has 0 amide bonds. The molecule has 1 heterocycles. The Morgan fingerprint density at radius 2 is 2.25 bits per heavy atom. The Labute approximate surface area is 98.0 Å². The standard InChI is InChI=1S/C14H21NO/c1-4-16-13-7-6-11(2)10-12(13)14(3)8-5-9-15-14/h6-7,10,15H,4-5,8-9H2,1-3H3. The molecule has 1 aromatic carbocycles. The maximum Gasteiger partial charge on any atom is 0.124 e. The van der Waals surface area contributed by atoms with Gasteiger partial charge in [0.05, 0.1) is 6.61 Å². The summed E-state index contributed by atoms with van der Waals surface area (Å²) >= 11 is 0. The molecule has 1 unspecified atom stereocenters. The molecule has 0 aromatic heterocycles. The molecular weight excluding hydrogens is 198 g/mol. The molecule has 2 rings (SSSR count). The Morgan fingerprint density at radius 3 is 2.88 bits per heavy atom. The molecule has 0 bridgehead atoms. The minimum absolute atomic E-state index is 0.0938. The van der Waals surface area contributed by atoms with Gasteiger partial charge in [-0.15, -0.1) is 0 Å². The number of benzene rings is 1. The van der Waals surface area contributed by atoms with E-state index >= 15 is 0 Å². The molecule has 1 N–H and O–H groups in total. The van der Waals surface area contributed by atoms with Gasteiger partial charge in [0.25, 0.3) is 0 Å². The second kappa shape index (κ2) is 4.46. The summed E-state index contributed by atoms with van der Waals surface area (Å²) in [5.74, 6) is 1.03. The van der Waals surface area contributed by atoms with Crippen LogP contribution in [0.2, 0.25) is 0 Å². The smallest absolute Gasteiger partial charge is 0.124 e. The van der Waals surface area contributed by atoms with Crippen LogP contribution in [0.25, 0.3) is 0 Å². The summed E-state index contributed by atoms with van der Waals surface area (Å²) in [5.41, 5.74) is 2.71. The van der Waals surface area contributed by atoms with Gasteiger partial charge in [-0.2, -0.15) is 0 Å². The number of nitrogens with one attached hydrogen (secondary N) is 1. The third-order valence-electron chi connectivity index (χ3n) is 3.40. The first-order valence-corrected chi connectivity index (χ1v) is 6.15. The van der Waals surface area contributed by atoms with Gasteiger partial charge >= 0.3 is 0 Å². The van der Waals surface area contributed by atoms with E-state index in [1.807, 2.05) is 6.92 Å². The van der Waals surface area contributed by atoms with E-state index in [2.05, 4.69) is 37.4 Å². The average Bonchev–Trinajstić information content (AvgIpc) is 2.69. The van der Waals surface area contributed by atoms with Crippen LogP contribution in [-0.4, -0.2) is 13.2 Å². The van der Waals surface area contributed by atoms with E-state index in [1.165, 1.54) is 24.0 Å². The summed E-state index contributed by atoms with van der Waals surface area (Å²) in [6, 6.07) is 6.47. The summed E-state index contributed by atoms with van der Waals surface area (Å²) < 4.78 is 5.73. The molecule has 88 valence electrons. The number of aryl methyl sites for hydroxylation is 1. The molecule has 16 heavy (non-hydrogen) atoms. The fraction of sp³-hybridized carbons (Fsp3) is 0.571. The van der Waals surface area contributed by atoms with Crippen LogP contribution in [-0.2, 0) is 5.54 Å². The molecule has 0 spiro atoms. The van der Waals surface area contributed by atoms with Gasteiger partial charge in [-0.3, -0.25) is 0 Å². The normalized spacial score (nSPS) is 24.7. The van der Waals surface area contributed by atoms with Gasteiger partial charge in [0.1, 0.15) is 5.75 Å². The van der Waals surface area contributed by atoms with E-state index in [4.69, 9.17) is 4.74 Å². The molecule has 0 radical (unpaired) electrons. The Balaban J connectivity index is 2.40. The van der Waals surface area contributed by atoms with Crippen molar-refractivity contribution in [3.63, 3.8) is 0 Å². The second-order valence-electron chi connectivity index (χ2n) is 4.80. The Hall–Kier alpha value is -1.02. The van der Waals surface area contributed by atoms with Gasteiger partial charge in [-0.1, -0.05) is 17.7 Å². The van der Waals surface area contributed by atoms with Crippen molar-refractivity contribution in [3.8, 4) is 5.75 Å². The van der Waals surface area contributed by atoms with Gasteiger partial charge in [0.2, 0.25) is 0 Å². The molecule has 0 saturated carbocycles. The third-order valence-corrected chi connectivity index (χ3v) is 3.40. The van der Waals surface area contributed by atoms with Crippen LogP contribution in [0.3, 0.4) is 0 Å². The lowest BCUT2D eigenvalue weighted by molar-refractivity contribution is 0.319. The van der Waals surface area contributed by atoms with Crippen molar-refractivity contribution in [2.24, 2.45) is 0 Å². The molecule has 2 nitrogen and oxygen atoms in total. The summed E-state index contributed by atoms with van der Waals surface area (Å²) in [5, 5.41) is 3.60. The molecule has 1 aromatic rings. The van der Waals surface area contributed by atoms with Crippen LogP contribution >= 0.6 is 0 Å². The molecular formula is C14H21NO. The second-order valence-corrected chi connectivity index (χ2v) is 4.80. The Morgan fingerprint density at radius 1 is 1.44 bits per heavy atom. The van der Waals surface area contributed by atoms with E-state index in [-0.39, 0.29) is 5.54 Å². The van der Waals surface area contributed by atoms with Crippen LogP contribution in [0.4, 0.5) is 0 Å². The van der Waals surface area contributed by atoms with E-state index in [0.29, 0.717) is 0 Å². The highest BCUT2D eigenvalue weighted by molar-refractivity contribution is 5.42. The molecule has 2 heteroatoms. The van der Waals surface area contributed by atoms with Crippen molar-refractivity contribution in [1.29, 1.82) is 0 Å². The van der Waals surface area contributed by atoms with Gasteiger partial charge < -0.3 is 10.1 Å². The number of hydrogen-bond acceptors (Lipinski definition) is 2. The van der Waals surface area contributed by atoms with Crippen LogP contribution in [0.1, 0.15) is 37.8 Å².